The predicted octanol–water partition coefficient (Wildman–Crippen LogP) is 16.4. The highest BCUT2D eigenvalue weighted by Crippen LogP contribution is 2.59. The molecule has 0 unspecified atom stereocenters. The molecule has 1 heteroatoms. The molecule has 0 radical (unpaired) electrons. The van der Waals surface area contributed by atoms with Crippen molar-refractivity contribution in [1.29, 1.82) is 0 Å². The zero-order valence-electron chi connectivity index (χ0n) is 36.1. The first-order chi connectivity index (χ1) is 30.2. The first-order valence-corrected chi connectivity index (χ1v) is 22.2. The van der Waals surface area contributed by atoms with Crippen LogP contribution in [-0.2, 0) is 16.2 Å². The molecule has 1 nitrogen and oxygen atoms in total. The maximum Gasteiger partial charge on any atom is 0.0714 e. The summed E-state index contributed by atoms with van der Waals surface area (Å²) < 4.78 is 0. The molecule has 0 aliphatic heterocycles. The summed E-state index contributed by atoms with van der Waals surface area (Å²) in [5.74, 6) is 0. The Bertz CT molecular complexity index is 3060. The normalized spacial score (nSPS) is 15.4. The summed E-state index contributed by atoms with van der Waals surface area (Å²) in [6.45, 7) is 9.64. The van der Waals surface area contributed by atoms with Crippen LogP contribution in [0.25, 0.3) is 44.2 Å². The van der Waals surface area contributed by atoms with Gasteiger partial charge in [-0.3, -0.25) is 0 Å². The Labute approximate surface area is 367 Å². The van der Waals surface area contributed by atoms with Crippen LogP contribution >= 0.6 is 0 Å². The molecule has 300 valence electrons. The number of hydrogen-bond acceptors (Lipinski definition) is 1. The first kappa shape index (κ1) is 38.0. The van der Waals surface area contributed by atoms with Crippen molar-refractivity contribution in [3.63, 3.8) is 0 Å². The van der Waals surface area contributed by atoms with Crippen molar-refractivity contribution in [2.24, 2.45) is 0 Å². The number of hydrogen-bond donors (Lipinski definition) is 0. The molecule has 0 saturated heterocycles. The maximum absolute atomic E-state index is 2.53. The molecule has 9 aromatic carbocycles. The van der Waals surface area contributed by atoms with E-state index in [1.807, 2.05) is 0 Å². The van der Waals surface area contributed by atoms with Crippen molar-refractivity contribution in [1.82, 2.24) is 0 Å². The molecular formula is C61H51N. The topological polar surface area (TPSA) is 3.24 Å². The van der Waals surface area contributed by atoms with Gasteiger partial charge in [0, 0.05) is 16.6 Å². The van der Waals surface area contributed by atoms with Crippen LogP contribution in [-0.4, -0.2) is 0 Å². The van der Waals surface area contributed by atoms with Crippen molar-refractivity contribution in [2.45, 2.75) is 56.8 Å². The quantitative estimate of drug-likeness (QED) is 0.155. The van der Waals surface area contributed by atoms with Crippen molar-refractivity contribution < 1.29 is 0 Å². The van der Waals surface area contributed by atoms with Crippen LogP contribution in [0.1, 0.15) is 73.9 Å². The van der Waals surface area contributed by atoms with Crippen LogP contribution in [0.4, 0.5) is 17.1 Å². The Morgan fingerprint density at radius 1 is 0.355 bits per heavy atom. The monoisotopic (exact) mass is 797 g/mol. The highest BCUT2D eigenvalue weighted by molar-refractivity contribution is 6.03. The molecule has 0 atom stereocenters. The van der Waals surface area contributed by atoms with E-state index < -0.39 is 5.41 Å². The van der Waals surface area contributed by atoms with E-state index in [1.54, 1.807) is 0 Å². The summed E-state index contributed by atoms with van der Waals surface area (Å²) >= 11 is 0. The Morgan fingerprint density at radius 3 is 1.63 bits per heavy atom. The van der Waals surface area contributed by atoms with E-state index in [-0.39, 0.29) is 10.8 Å². The van der Waals surface area contributed by atoms with Crippen LogP contribution in [0.5, 0.6) is 0 Å². The summed E-state index contributed by atoms with van der Waals surface area (Å²) in [6.07, 6.45) is 2.41. The number of anilines is 3. The van der Waals surface area contributed by atoms with Crippen molar-refractivity contribution in [3.05, 3.63) is 246 Å². The van der Waals surface area contributed by atoms with Gasteiger partial charge in [-0.15, -0.1) is 0 Å². The van der Waals surface area contributed by atoms with Crippen molar-refractivity contribution in [3.8, 4) is 33.4 Å². The minimum Gasteiger partial charge on any atom is -0.309 e. The van der Waals surface area contributed by atoms with E-state index >= 15 is 0 Å². The van der Waals surface area contributed by atoms with Gasteiger partial charge in [-0.25, -0.2) is 0 Å². The molecule has 0 saturated carbocycles. The second-order valence-corrected chi connectivity index (χ2v) is 18.7. The van der Waals surface area contributed by atoms with Gasteiger partial charge in [-0.1, -0.05) is 210 Å². The Hall–Kier alpha value is -6.96. The van der Waals surface area contributed by atoms with Crippen molar-refractivity contribution in [2.75, 3.05) is 4.90 Å². The van der Waals surface area contributed by atoms with Gasteiger partial charge in [0.25, 0.3) is 0 Å². The molecule has 9 aromatic rings. The van der Waals surface area contributed by atoms with Crippen LogP contribution in [0.15, 0.2) is 212 Å². The standard InChI is InChI=1S/C61H51N/c1-59(2)37-38-60(3,4)56-39-45(35-36-54(56)59)42-31-33-44(34-32-42)51-40-52-50-28-16-17-29-53(50)61(46-21-8-5-9-22-46,47-23-10-6-11-24-47)55(52)41-58(51)62(48-25-12-7-13-26-48)57-30-18-20-43-19-14-15-27-49(43)57/h5-36,39-41H,37-38H2,1-4H3. The number of rotatable bonds is 7. The highest BCUT2D eigenvalue weighted by atomic mass is 15.1. The van der Waals surface area contributed by atoms with Gasteiger partial charge in [0.15, 0.2) is 0 Å². The summed E-state index contributed by atoms with van der Waals surface area (Å²) in [5.41, 5.74) is 18.7. The predicted molar refractivity (Wildman–Crippen MR) is 262 cm³/mol. The van der Waals surface area contributed by atoms with Crippen LogP contribution in [0, 0.1) is 0 Å². The fourth-order valence-electron chi connectivity index (χ4n) is 10.9. The lowest BCUT2D eigenvalue weighted by atomic mass is 9.63. The zero-order valence-corrected chi connectivity index (χ0v) is 36.1. The van der Waals surface area contributed by atoms with Gasteiger partial charge in [-0.05, 0) is 121 Å². The molecule has 0 fully saturated rings. The Balaban J connectivity index is 1.19. The molecular weight excluding hydrogens is 747 g/mol. The smallest absolute Gasteiger partial charge is 0.0714 e. The fourth-order valence-corrected chi connectivity index (χ4v) is 10.9. The Kier molecular flexibility index (Phi) is 8.95. The molecule has 62 heavy (non-hydrogen) atoms. The SMILES string of the molecule is CC1(C)CCC(C)(C)c2cc(-c3ccc(-c4cc5c(cc4N(c4ccccc4)c4cccc6ccccc46)C(c4ccccc4)(c4ccccc4)c4ccccc4-5)cc3)ccc21. The third-order valence-electron chi connectivity index (χ3n) is 14.2. The zero-order chi connectivity index (χ0) is 42.1. The lowest BCUT2D eigenvalue weighted by Gasteiger charge is -2.42. The van der Waals surface area contributed by atoms with Gasteiger partial charge in [0.2, 0.25) is 0 Å². The first-order valence-electron chi connectivity index (χ1n) is 22.2. The summed E-state index contributed by atoms with van der Waals surface area (Å²) in [5, 5.41) is 2.42. The van der Waals surface area contributed by atoms with Crippen molar-refractivity contribution >= 4 is 27.8 Å². The van der Waals surface area contributed by atoms with Gasteiger partial charge in [0.1, 0.15) is 0 Å². The molecule has 0 aromatic heterocycles. The average Bonchev–Trinajstić information content (AvgIpc) is 3.61. The number of benzene rings is 9. The Morgan fingerprint density at radius 2 is 0.919 bits per heavy atom. The van der Waals surface area contributed by atoms with E-state index in [0.29, 0.717) is 0 Å². The lowest BCUT2D eigenvalue weighted by molar-refractivity contribution is 0.332. The summed E-state index contributed by atoms with van der Waals surface area (Å²) in [6, 6.07) is 79.4. The van der Waals surface area contributed by atoms with E-state index in [4.69, 9.17) is 0 Å². The molecule has 0 heterocycles. The third-order valence-corrected chi connectivity index (χ3v) is 14.2. The van der Waals surface area contributed by atoms with Gasteiger partial charge < -0.3 is 4.90 Å². The fraction of sp³-hybridized carbons (Fsp3) is 0.148. The molecule has 0 amide bonds. The van der Waals surface area contributed by atoms with Crippen LogP contribution in [0.2, 0.25) is 0 Å². The summed E-state index contributed by atoms with van der Waals surface area (Å²) in [7, 11) is 0. The molecule has 2 aliphatic rings. The van der Waals surface area contributed by atoms with Gasteiger partial charge in [-0.2, -0.15) is 0 Å². The van der Waals surface area contributed by atoms with E-state index in [9.17, 15) is 0 Å². The minimum absolute atomic E-state index is 0.146. The average molecular weight is 798 g/mol. The molecule has 0 spiro atoms. The lowest BCUT2D eigenvalue weighted by Crippen LogP contribution is -2.33. The second kappa shape index (κ2) is 14.6. The molecule has 0 bridgehead atoms. The van der Waals surface area contributed by atoms with Crippen LogP contribution < -0.4 is 4.90 Å². The largest absolute Gasteiger partial charge is 0.309 e. The number of para-hydroxylation sites is 1. The van der Waals surface area contributed by atoms with E-state index in [2.05, 4.69) is 245 Å². The minimum atomic E-state index is -0.540. The number of nitrogens with zero attached hydrogens (tertiary/aromatic N) is 1. The molecule has 11 rings (SSSR count). The van der Waals surface area contributed by atoms with Crippen LogP contribution in [0.3, 0.4) is 0 Å². The van der Waals surface area contributed by atoms with E-state index in [0.717, 1.165) is 17.1 Å². The third kappa shape index (κ3) is 5.98. The molecule has 2 aliphatic carbocycles. The number of fused-ring (bicyclic) bond motifs is 5. The van der Waals surface area contributed by atoms with Gasteiger partial charge >= 0.3 is 0 Å². The maximum atomic E-state index is 2.53. The second-order valence-electron chi connectivity index (χ2n) is 18.7. The van der Waals surface area contributed by atoms with E-state index in [1.165, 1.54) is 90.4 Å². The highest BCUT2D eigenvalue weighted by Gasteiger charge is 2.47. The molecule has 0 N–H and O–H groups in total. The van der Waals surface area contributed by atoms with Gasteiger partial charge in [0.05, 0.1) is 16.8 Å². The summed E-state index contributed by atoms with van der Waals surface area (Å²) in [4.78, 5) is 2.50.